The summed E-state index contributed by atoms with van der Waals surface area (Å²) >= 11 is 0. The Hall–Kier alpha value is -0.960. The second-order valence-corrected chi connectivity index (χ2v) is 1.95. The number of rotatable bonds is 2. The first kappa shape index (κ1) is 7.15. The Kier molecular flexibility index (Phi) is 2.34. The fourth-order valence-corrected chi connectivity index (χ4v) is 0.721. The molecule has 0 atom stereocenters. The average Bonchev–Trinajstić information content (AvgIpc) is 1.88. The van der Waals surface area contributed by atoms with Crippen LogP contribution in [0.1, 0.15) is 5.56 Å². The molecule has 0 bridgehead atoms. The lowest BCUT2D eigenvalue weighted by molar-refractivity contribution is -0.0466. The zero-order chi connectivity index (χ0) is 7.40. The van der Waals surface area contributed by atoms with Gasteiger partial charge in [-0.3, -0.25) is 0 Å². The summed E-state index contributed by atoms with van der Waals surface area (Å²) in [5, 5.41) is -0.838. The summed E-state index contributed by atoms with van der Waals surface area (Å²) in [4.78, 5) is 0. The van der Waals surface area contributed by atoms with E-state index in [1.807, 2.05) is 0 Å². The molecule has 0 aromatic heterocycles. The van der Waals surface area contributed by atoms with Crippen LogP contribution in [0.5, 0.6) is 0 Å². The summed E-state index contributed by atoms with van der Waals surface area (Å²) < 4.78 is 23.1. The van der Waals surface area contributed by atoms with Crippen molar-refractivity contribution < 1.29 is 8.96 Å². The Morgan fingerprint density at radius 3 is 2.20 bits per heavy atom. The predicted molar refractivity (Wildman–Crippen MR) is 34.5 cm³/mol. The summed E-state index contributed by atoms with van der Waals surface area (Å²) in [6.07, 6.45) is 0. The third kappa shape index (κ3) is 2.11. The van der Waals surface area contributed by atoms with Crippen molar-refractivity contribution >= 4 is 0 Å². The second kappa shape index (κ2) is 3.27. The SMILES string of the molecule is F[N+](F)Cc1ccccc1. The molecule has 0 fully saturated rings. The molecule has 3 heteroatoms. The topological polar surface area (TPSA) is 5.90 Å². The van der Waals surface area contributed by atoms with Gasteiger partial charge < -0.3 is 0 Å². The number of benzene rings is 1. The van der Waals surface area contributed by atoms with E-state index in [0.717, 1.165) is 0 Å². The smallest absolute Gasteiger partial charge is 0.0622 e. The predicted octanol–water partition coefficient (Wildman–Crippen LogP) is 2.10. The maximum atomic E-state index is 11.6. The van der Waals surface area contributed by atoms with Gasteiger partial charge in [0.2, 0.25) is 6.54 Å². The molecule has 0 saturated carbocycles. The summed E-state index contributed by atoms with van der Waals surface area (Å²) in [7, 11) is 0. The molecule has 0 aliphatic rings. The summed E-state index contributed by atoms with van der Waals surface area (Å²) in [6, 6.07) is 8.58. The lowest BCUT2D eigenvalue weighted by Gasteiger charge is -1.88. The van der Waals surface area contributed by atoms with Gasteiger partial charge in [0.25, 0.3) is 5.34 Å². The fourth-order valence-electron chi connectivity index (χ4n) is 0.721. The van der Waals surface area contributed by atoms with Gasteiger partial charge in [0, 0.05) is 5.56 Å². The molecule has 0 heterocycles. The van der Waals surface area contributed by atoms with Crippen molar-refractivity contribution in [2.75, 3.05) is 0 Å². The third-order valence-electron chi connectivity index (χ3n) is 1.14. The van der Waals surface area contributed by atoms with Crippen LogP contribution in [0.25, 0.3) is 0 Å². The first-order valence-electron chi connectivity index (χ1n) is 2.92. The quantitative estimate of drug-likeness (QED) is 0.559. The zero-order valence-electron chi connectivity index (χ0n) is 5.30. The normalized spacial score (nSPS) is 10.3. The van der Waals surface area contributed by atoms with E-state index in [-0.39, 0.29) is 6.54 Å². The summed E-state index contributed by atoms with van der Waals surface area (Å²) in [6.45, 7) is -0.305. The van der Waals surface area contributed by atoms with Crippen LogP contribution in [0.2, 0.25) is 0 Å². The standard InChI is InChI=1S/C7H7F2N/c8-10(9)6-7-4-2-1-3-5-7/h1-5H,6H2/q+1. The van der Waals surface area contributed by atoms with Crippen LogP contribution < -0.4 is 5.34 Å². The molecule has 1 radical (unpaired) electrons. The van der Waals surface area contributed by atoms with Crippen LogP contribution in [0.15, 0.2) is 30.3 Å². The minimum atomic E-state index is -0.838. The second-order valence-electron chi connectivity index (χ2n) is 1.95. The minimum absolute atomic E-state index is 0.305. The third-order valence-corrected chi connectivity index (χ3v) is 1.14. The number of hydrogen-bond donors (Lipinski definition) is 0. The number of hydrogen-bond acceptors (Lipinski definition) is 1. The van der Waals surface area contributed by atoms with E-state index in [1.165, 1.54) is 0 Å². The van der Waals surface area contributed by atoms with E-state index in [4.69, 9.17) is 0 Å². The molecule has 1 rings (SSSR count). The molecule has 0 unspecified atom stereocenters. The van der Waals surface area contributed by atoms with Gasteiger partial charge in [-0.05, 0) is 0 Å². The number of halogens is 2. The Balaban J connectivity index is 2.59. The molecule has 1 aromatic carbocycles. The van der Waals surface area contributed by atoms with Crippen LogP contribution in [0.3, 0.4) is 0 Å². The largest absolute Gasteiger partial charge is 0.273 e. The molecule has 0 saturated heterocycles. The van der Waals surface area contributed by atoms with Crippen LogP contribution in [0, 0.1) is 0 Å². The Bertz CT molecular complexity index is 186. The van der Waals surface area contributed by atoms with Gasteiger partial charge >= 0.3 is 0 Å². The van der Waals surface area contributed by atoms with Gasteiger partial charge in [0.15, 0.2) is 0 Å². The van der Waals surface area contributed by atoms with Crippen molar-refractivity contribution in [1.82, 2.24) is 5.34 Å². The highest BCUT2D eigenvalue weighted by Crippen LogP contribution is 2.01. The van der Waals surface area contributed by atoms with Gasteiger partial charge in [0.05, 0.1) is 0 Å². The van der Waals surface area contributed by atoms with E-state index < -0.39 is 5.34 Å². The van der Waals surface area contributed by atoms with Crippen molar-refractivity contribution in [3.05, 3.63) is 35.9 Å². The molecule has 1 nitrogen and oxygen atoms in total. The van der Waals surface area contributed by atoms with Crippen LogP contribution in [-0.4, -0.2) is 0 Å². The number of nitrogens with zero attached hydrogens (tertiary/aromatic N) is 1. The van der Waals surface area contributed by atoms with Gasteiger partial charge in [0.1, 0.15) is 8.96 Å². The average molecular weight is 143 g/mol. The molecule has 53 valence electrons. The monoisotopic (exact) mass is 143 g/mol. The molecule has 0 N–H and O–H groups in total. The molecular formula is C7H7F2N+. The van der Waals surface area contributed by atoms with Crippen LogP contribution >= 0.6 is 0 Å². The fraction of sp³-hybridized carbons (Fsp3) is 0.143. The molecule has 0 spiro atoms. The molecule has 0 aliphatic heterocycles. The molecule has 10 heavy (non-hydrogen) atoms. The lowest BCUT2D eigenvalue weighted by atomic mass is 10.2. The zero-order valence-corrected chi connectivity index (χ0v) is 5.30. The van der Waals surface area contributed by atoms with E-state index in [2.05, 4.69) is 0 Å². The Morgan fingerprint density at radius 2 is 1.70 bits per heavy atom. The Labute approximate surface area is 57.8 Å². The van der Waals surface area contributed by atoms with Gasteiger partial charge in [-0.25, -0.2) is 0 Å². The van der Waals surface area contributed by atoms with Crippen molar-refractivity contribution in [3.8, 4) is 0 Å². The molecule has 1 aromatic rings. The van der Waals surface area contributed by atoms with Crippen molar-refractivity contribution in [2.45, 2.75) is 6.54 Å². The van der Waals surface area contributed by atoms with Crippen molar-refractivity contribution in [1.29, 1.82) is 0 Å². The highest BCUT2D eigenvalue weighted by atomic mass is 19.4. The van der Waals surface area contributed by atoms with Crippen LogP contribution in [0.4, 0.5) is 8.96 Å². The van der Waals surface area contributed by atoms with E-state index in [9.17, 15) is 8.96 Å². The minimum Gasteiger partial charge on any atom is -0.0622 e. The maximum absolute atomic E-state index is 11.6. The van der Waals surface area contributed by atoms with E-state index in [0.29, 0.717) is 5.56 Å². The molecular weight excluding hydrogens is 136 g/mol. The first-order chi connectivity index (χ1) is 4.79. The van der Waals surface area contributed by atoms with Gasteiger partial charge in [-0.15, -0.1) is 0 Å². The maximum Gasteiger partial charge on any atom is 0.273 e. The van der Waals surface area contributed by atoms with E-state index >= 15 is 0 Å². The highest BCUT2D eigenvalue weighted by molar-refractivity contribution is 5.13. The summed E-state index contributed by atoms with van der Waals surface area (Å²) in [5.74, 6) is 0. The van der Waals surface area contributed by atoms with Gasteiger partial charge in [-0.2, -0.15) is 0 Å². The van der Waals surface area contributed by atoms with Gasteiger partial charge in [-0.1, -0.05) is 30.3 Å². The molecule has 0 aliphatic carbocycles. The first-order valence-corrected chi connectivity index (χ1v) is 2.92. The van der Waals surface area contributed by atoms with Crippen molar-refractivity contribution in [2.24, 2.45) is 0 Å². The molecule has 0 amide bonds. The lowest BCUT2D eigenvalue weighted by Crippen LogP contribution is -2.05. The summed E-state index contributed by atoms with van der Waals surface area (Å²) in [5.41, 5.74) is 0.618. The van der Waals surface area contributed by atoms with Crippen molar-refractivity contribution in [3.63, 3.8) is 0 Å². The highest BCUT2D eigenvalue weighted by Gasteiger charge is 2.14. The van der Waals surface area contributed by atoms with E-state index in [1.54, 1.807) is 30.3 Å². The Morgan fingerprint density at radius 1 is 1.10 bits per heavy atom. The van der Waals surface area contributed by atoms with Crippen LogP contribution in [-0.2, 0) is 6.54 Å².